The lowest BCUT2D eigenvalue weighted by atomic mass is 9.86. The number of amides is 3. The van der Waals surface area contributed by atoms with Crippen LogP contribution in [-0.2, 0) is 35.3 Å². The fourth-order valence-electron chi connectivity index (χ4n) is 6.39. The highest BCUT2D eigenvalue weighted by Crippen LogP contribution is 2.22. The molecule has 1 aromatic carbocycles. The number of hydrogen-bond donors (Lipinski definition) is 16. The highest BCUT2D eigenvalue weighted by atomic mass is 16.4. The summed E-state index contributed by atoms with van der Waals surface area (Å²) in [5.41, 5.74) is 5.76. The molecule has 0 fully saturated rings. The quantitative estimate of drug-likeness (QED) is 0.0322. The Bertz CT molecular complexity index is 2250. The van der Waals surface area contributed by atoms with E-state index in [4.69, 9.17) is 5.73 Å². The molecule has 362 valence electrons. The molecule has 0 bridgehead atoms. The Morgan fingerprint density at radius 1 is 0.758 bits per heavy atom. The van der Waals surface area contributed by atoms with Gasteiger partial charge in [-0.15, -0.1) is 0 Å². The third kappa shape index (κ3) is 15.3. The largest absolute Gasteiger partial charge is 0.481 e. The molecule has 17 N–H and O–H groups in total. The van der Waals surface area contributed by atoms with Gasteiger partial charge in [0.25, 0.3) is 11.5 Å². The summed E-state index contributed by atoms with van der Waals surface area (Å²) in [4.78, 5) is 117. The third-order valence-corrected chi connectivity index (χ3v) is 10.1. The average Bonchev–Trinajstić information content (AvgIpc) is 3.28. The molecule has 3 amide bonds. The normalized spacial score (nSPS) is 16.0. The van der Waals surface area contributed by atoms with E-state index in [1.54, 1.807) is 0 Å². The van der Waals surface area contributed by atoms with E-state index in [-0.39, 0.29) is 35.8 Å². The number of nitrogens with zero attached hydrogens (tertiary/aromatic N) is 3. The summed E-state index contributed by atoms with van der Waals surface area (Å²) < 4.78 is 0. The van der Waals surface area contributed by atoms with Gasteiger partial charge in [0.15, 0.2) is 16.9 Å². The second-order valence-corrected chi connectivity index (χ2v) is 15.0. The van der Waals surface area contributed by atoms with Crippen molar-refractivity contribution in [3.63, 3.8) is 0 Å². The molecule has 0 unspecified atom stereocenters. The number of nitrogen functional groups attached to an aromatic ring is 1. The number of Topliss-reactive ketones (excluding diaryl/α,β-unsaturated/α-hetero) is 2. The van der Waals surface area contributed by atoms with Crippen molar-refractivity contribution < 1.29 is 84.6 Å². The van der Waals surface area contributed by atoms with Crippen LogP contribution in [0.25, 0.3) is 11.2 Å². The molecule has 2 heterocycles. The monoisotopic (exact) mass is 935 g/mol. The molecule has 0 aliphatic heterocycles. The Balaban J connectivity index is 1.73. The van der Waals surface area contributed by atoms with Crippen LogP contribution in [0.15, 0.2) is 35.3 Å². The molecule has 0 saturated carbocycles. The number of aromatic nitrogens is 4. The summed E-state index contributed by atoms with van der Waals surface area (Å²) in [6, 6.07) is 1.86. The van der Waals surface area contributed by atoms with Crippen molar-refractivity contribution >= 4 is 64.0 Å². The molecule has 66 heavy (non-hydrogen) atoms. The van der Waals surface area contributed by atoms with Gasteiger partial charge in [-0.25, -0.2) is 14.8 Å². The summed E-state index contributed by atoms with van der Waals surface area (Å²) in [6.07, 6.45) is -16.4. The molecule has 27 nitrogen and oxygen atoms in total. The summed E-state index contributed by atoms with van der Waals surface area (Å²) in [7, 11) is 0. The van der Waals surface area contributed by atoms with Crippen molar-refractivity contribution in [2.24, 2.45) is 11.8 Å². The van der Waals surface area contributed by atoms with Gasteiger partial charge in [-0.2, -0.15) is 4.98 Å². The predicted molar refractivity (Wildman–Crippen MR) is 224 cm³/mol. The number of aliphatic hydroxyl groups is 8. The lowest BCUT2D eigenvalue weighted by Crippen LogP contribution is -2.53. The van der Waals surface area contributed by atoms with E-state index >= 15 is 0 Å². The van der Waals surface area contributed by atoms with Crippen molar-refractivity contribution in [1.82, 2.24) is 35.9 Å². The van der Waals surface area contributed by atoms with Crippen molar-refractivity contribution in [2.75, 3.05) is 30.8 Å². The highest BCUT2D eigenvalue weighted by Gasteiger charge is 2.41. The molecule has 0 aliphatic rings. The zero-order valence-electron chi connectivity index (χ0n) is 35.2. The van der Waals surface area contributed by atoms with Gasteiger partial charge in [-0.1, -0.05) is 0 Å². The molecule has 0 spiro atoms. The first-order valence-corrected chi connectivity index (χ1v) is 20.2. The number of hydrogen-bond acceptors (Lipinski definition) is 21. The minimum atomic E-state index is -2.40. The molecular weight excluding hydrogens is 882 g/mol. The number of anilines is 2. The van der Waals surface area contributed by atoms with Crippen LogP contribution < -0.4 is 32.6 Å². The van der Waals surface area contributed by atoms with Gasteiger partial charge in [-0.3, -0.25) is 38.5 Å². The van der Waals surface area contributed by atoms with Gasteiger partial charge in [-0.05, 0) is 37.6 Å². The standard InChI is InChI=1S/C39H53N9O18/c1-2-41-35(62)21(30(58)32(60)26(54)15-50)10-24(52)23(11-27(55)56)46-36(63)20(29(57)31(59)25(53)14-49)9-19(51)7-8-22(38(65)66)45-34(61)16-3-5-17(6-4-16)42-12-18-13-43-33-28(44-18)37(64)48-39(40)47-33/h3-6,13,20-23,25-26,29-32,42,49-50,53-54,57-60H,2,7-12,14-15H2,1H3,(H,41,62)(H,45,61)(H,46,63)(H,55,56)(H,65,66)(H3,40,43,47,48,64)/t20-,21-,22-,23-,25+,26+,29+,30+,31+,32+/m0/s1. The number of nitrogens with one attached hydrogen (secondary N) is 5. The SMILES string of the molecule is CCNC(=O)[C@@H](CC(=O)[C@H](CC(=O)O)NC(=O)[C@@H](CC(=O)CC[C@H](NC(=O)c1ccc(NCc2cnc3nc(N)[nH]c(=O)c3n2)cc1)C(=O)O)[C@@H](O)[C@H](O)[C@H](O)CO)[C@@H](O)[C@H](O)[C@H](O)CO. The zero-order chi connectivity index (χ0) is 49.4. The fraction of sp³-hybridized carbons (Fsp3) is 0.513. The zero-order valence-corrected chi connectivity index (χ0v) is 35.2. The number of aliphatic hydroxyl groups excluding tert-OH is 8. The number of carboxylic acids is 2. The lowest BCUT2D eigenvalue weighted by molar-refractivity contribution is -0.147. The predicted octanol–water partition coefficient (Wildman–Crippen LogP) is -5.73. The minimum Gasteiger partial charge on any atom is -0.481 e. The van der Waals surface area contributed by atoms with Crippen LogP contribution in [0.1, 0.15) is 55.1 Å². The first kappa shape index (κ1) is 53.7. The third-order valence-electron chi connectivity index (χ3n) is 10.1. The molecule has 2 aromatic heterocycles. The van der Waals surface area contributed by atoms with E-state index in [1.807, 2.05) is 5.32 Å². The summed E-state index contributed by atoms with van der Waals surface area (Å²) >= 11 is 0. The molecule has 3 aromatic rings. The molecule has 3 rings (SSSR count). The van der Waals surface area contributed by atoms with E-state index in [9.17, 15) is 89.4 Å². The van der Waals surface area contributed by atoms with E-state index < -0.39 is 153 Å². The number of benzene rings is 1. The first-order chi connectivity index (χ1) is 31.1. The van der Waals surface area contributed by atoms with Crippen LogP contribution in [0.5, 0.6) is 0 Å². The number of aromatic amines is 1. The smallest absolute Gasteiger partial charge is 0.326 e. The van der Waals surface area contributed by atoms with E-state index in [0.717, 1.165) is 0 Å². The highest BCUT2D eigenvalue weighted by molar-refractivity contribution is 5.98. The number of H-pyrrole nitrogens is 1. The van der Waals surface area contributed by atoms with Gasteiger partial charge in [0.05, 0.1) is 68.2 Å². The van der Waals surface area contributed by atoms with Gasteiger partial charge < -0.3 is 78.1 Å². The van der Waals surface area contributed by atoms with Crippen LogP contribution in [0.4, 0.5) is 11.6 Å². The molecular formula is C39H53N9O18. The second-order valence-electron chi connectivity index (χ2n) is 15.0. The van der Waals surface area contributed by atoms with Crippen LogP contribution >= 0.6 is 0 Å². The van der Waals surface area contributed by atoms with Gasteiger partial charge in [0.2, 0.25) is 17.8 Å². The Hall–Kier alpha value is -6.59. The average molecular weight is 936 g/mol. The molecule has 0 aliphatic carbocycles. The maximum atomic E-state index is 13.6. The van der Waals surface area contributed by atoms with Gasteiger partial charge in [0, 0.05) is 37.1 Å². The van der Waals surface area contributed by atoms with Crippen molar-refractivity contribution in [3.05, 3.63) is 52.1 Å². The number of aliphatic carboxylic acids is 2. The van der Waals surface area contributed by atoms with Crippen LogP contribution in [-0.4, -0.2) is 181 Å². The molecule has 27 heteroatoms. The Morgan fingerprint density at radius 2 is 1.35 bits per heavy atom. The number of carboxylic acid groups (broad SMARTS) is 2. The molecule has 0 saturated heterocycles. The second kappa shape index (κ2) is 25.2. The molecule has 0 radical (unpaired) electrons. The van der Waals surface area contributed by atoms with E-state index in [1.165, 1.54) is 37.4 Å². The van der Waals surface area contributed by atoms with E-state index in [0.29, 0.717) is 11.4 Å². The van der Waals surface area contributed by atoms with Crippen LogP contribution in [0.2, 0.25) is 0 Å². The van der Waals surface area contributed by atoms with Crippen LogP contribution in [0.3, 0.4) is 0 Å². The Kier molecular flexibility index (Phi) is 20.5. The topological polar surface area (TPSA) is 467 Å². The Morgan fingerprint density at radius 3 is 1.89 bits per heavy atom. The van der Waals surface area contributed by atoms with Crippen molar-refractivity contribution in [1.29, 1.82) is 0 Å². The maximum absolute atomic E-state index is 13.6. The fourth-order valence-corrected chi connectivity index (χ4v) is 6.39. The minimum absolute atomic E-state index is 0.00804. The first-order valence-electron chi connectivity index (χ1n) is 20.2. The number of carbonyl (C=O) groups is 7. The molecule has 10 atom stereocenters. The number of fused-ring (bicyclic) bond motifs is 1. The van der Waals surface area contributed by atoms with Crippen molar-refractivity contribution in [3.8, 4) is 0 Å². The summed E-state index contributed by atoms with van der Waals surface area (Å²) in [6.45, 7) is -0.737. The summed E-state index contributed by atoms with van der Waals surface area (Å²) in [5, 5.41) is 110. The lowest BCUT2D eigenvalue weighted by Gasteiger charge is -2.30. The van der Waals surface area contributed by atoms with Gasteiger partial charge in [0.1, 0.15) is 36.2 Å². The van der Waals surface area contributed by atoms with Crippen LogP contribution in [0, 0.1) is 11.8 Å². The number of carbonyl (C=O) groups excluding carboxylic acids is 5. The number of ketones is 2. The number of nitrogens with two attached hydrogens (primary N) is 1. The summed E-state index contributed by atoms with van der Waals surface area (Å²) in [5.74, 6) is -13.1. The Labute approximate surface area is 373 Å². The van der Waals surface area contributed by atoms with Gasteiger partial charge >= 0.3 is 11.9 Å². The number of rotatable bonds is 28. The maximum Gasteiger partial charge on any atom is 0.326 e. The van der Waals surface area contributed by atoms with E-state index in [2.05, 4.69) is 35.9 Å². The van der Waals surface area contributed by atoms with Crippen molar-refractivity contribution in [2.45, 2.75) is 94.3 Å².